The van der Waals surface area contributed by atoms with Gasteiger partial charge in [0.15, 0.2) is 4.67 Å². The van der Waals surface area contributed by atoms with Crippen molar-refractivity contribution in [3.05, 3.63) is 58.5 Å². The van der Waals surface area contributed by atoms with E-state index in [9.17, 15) is 4.79 Å². The van der Waals surface area contributed by atoms with Gasteiger partial charge >= 0.3 is 0 Å². The highest BCUT2D eigenvalue weighted by Gasteiger charge is 2.11. The number of rotatable bonds is 7. The lowest BCUT2D eigenvalue weighted by Crippen LogP contribution is -2.28. The second kappa shape index (κ2) is 8.00. The smallest absolute Gasteiger partial charge is 0.255 e. The van der Waals surface area contributed by atoms with Crippen LogP contribution in [0.25, 0.3) is 0 Å². The number of halogens is 1. The fraction of sp³-hybridized carbons (Fsp3) is 0.312. The third-order valence-electron chi connectivity index (χ3n) is 3.16. The summed E-state index contributed by atoms with van der Waals surface area (Å²) in [5.41, 5.74) is 1.83. The lowest BCUT2D eigenvalue weighted by Gasteiger charge is -2.16. The van der Waals surface area contributed by atoms with Crippen molar-refractivity contribution in [1.82, 2.24) is 10.2 Å². The lowest BCUT2D eigenvalue weighted by molar-refractivity contribution is 0.0950. The first-order chi connectivity index (χ1) is 10.2. The van der Waals surface area contributed by atoms with Gasteiger partial charge in [0.05, 0.1) is 11.8 Å². The van der Waals surface area contributed by atoms with Crippen molar-refractivity contribution in [3.63, 3.8) is 0 Å². The zero-order valence-corrected chi connectivity index (χ0v) is 13.6. The summed E-state index contributed by atoms with van der Waals surface area (Å²) in [6.45, 7) is 2.50. The highest BCUT2D eigenvalue weighted by molar-refractivity contribution is 9.10. The molecule has 0 aliphatic heterocycles. The molecule has 0 spiro atoms. The maximum Gasteiger partial charge on any atom is 0.255 e. The topological polar surface area (TPSA) is 45.5 Å². The maximum absolute atomic E-state index is 11.8. The molecule has 0 atom stereocenters. The quantitative estimate of drug-likeness (QED) is 0.779. The second-order valence-electron chi connectivity index (χ2n) is 4.94. The Hall–Kier alpha value is -1.59. The van der Waals surface area contributed by atoms with E-state index in [1.807, 2.05) is 18.2 Å². The number of nitrogens with one attached hydrogen (secondary N) is 1. The van der Waals surface area contributed by atoms with Gasteiger partial charge in [-0.05, 0) is 47.6 Å². The average Bonchev–Trinajstić information content (AvgIpc) is 2.91. The largest absolute Gasteiger partial charge is 0.457 e. The molecule has 112 valence electrons. The van der Waals surface area contributed by atoms with Crippen LogP contribution < -0.4 is 5.32 Å². The fourth-order valence-electron chi connectivity index (χ4n) is 2.08. The van der Waals surface area contributed by atoms with Crippen LogP contribution in [0.4, 0.5) is 0 Å². The van der Waals surface area contributed by atoms with Crippen LogP contribution >= 0.6 is 15.9 Å². The average molecular weight is 351 g/mol. The number of furan rings is 1. The highest BCUT2D eigenvalue weighted by Crippen LogP contribution is 2.16. The molecule has 0 fully saturated rings. The van der Waals surface area contributed by atoms with Crippen LogP contribution in [0.5, 0.6) is 0 Å². The van der Waals surface area contributed by atoms with E-state index in [2.05, 4.69) is 45.3 Å². The first-order valence-corrected chi connectivity index (χ1v) is 7.70. The minimum Gasteiger partial charge on any atom is -0.457 e. The van der Waals surface area contributed by atoms with Gasteiger partial charge in [-0.3, -0.25) is 4.79 Å². The van der Waals surface area contributed by atoms with Crippen LogP contribution in [-0.4, -0.2) is 30.9 Å². The van der Waals surface area contributed by atoms with Crippen molar-refractivity contribution < 1.29 is 9.21 Å². The molecular weight excluding hydrogens is 332 g/mol. The van der Waals surface area contributed by atoms with Crippen molar-refractivity contribution in [2.45, 2.75) is 13.0 Å². The van der Waals surface area contributed by atoms with E-state index in [0.717, 1.165) is 19.5 Å². The van der Waals surface area contributed by atoms with E-state index < -0.39 is 0 Å². The molecule has 5 heteroatoms. The van der Waals surface area contributed by atoms with Crippen LogP contribution in [0.15, 0.2) is 51.7 Å². The third-order valence-corrected chi connectivity index (χ3v) is 3.77. The van der Waals surface area contributed by atoms with Gasteiger partial charge in [0.25, 0.3) is 5.91 Å². The molecule has 0 aliphatic carbocycles. The Labute approximate surface area is 133 Å². The molecule has 2 aromatic rings. The Kier molecular flexibility index (Phi) is 6.02. The summed E-state index contributed by atoms with van der Waals surface area (Å²) in [6.07, 6.45) is 2.40. The zero-order chi connectivity index (χ0) is 15.1. The molecule has 21 heavy (non-hydrogen) atoms. The van der Waals surface area contributed by atoms with Crippen LogP contribution in [0.1, 0.15) is 22.3 Å². The molecule has 1 aromatic heterocycles. The molecule has 1 N–H and O–H groups in total. The molecule has 2 rings (SSSR count). The monoisotopic (exact) mass is 350 g/mol. The minimum atomic E-state index is -0.110. The van der Waals surface area contributed by atoms with Crippen molar-refractivity contribution in [2.75, 3.05) is 20.1 Å². The van der Waals surface area contributed by atoms with E-state index >= 15 is 0 Å². The minimum absolute atomic E-state index is 0.110. The lowest BCUT2D eigenvalue weighted by atomic mass is 10.2. The molecule has 0 unspecified atom stereocenters. The number of hydrogen-bond donors (Lipinski definition) is 1. The predicted octanol–water partition coefficient (Wildman–Crippen LogP) is 3.29. The van der Waals surface area contributed by atoms with Crippen molar-refractivity contribution in [1.29, 1.82) is 0 Å². The summed E-state index contributed by atoms with van der Waals surface area (Å²) in [5.74, 6) is -0.110. The van der Waals surface area contributed by atoms with E-state index in [0.29, 0.717) is 16.8 Å². The van der Waals surface area contributed by atoms with Crippen LogP contribution in [0.2, 0.25) is 0 Å². The molecule has 1 heterocycles. The van der Waals surface area contributed by atoms with Crippen LogP contribution in [-0.2, 0) is 6.54 Å². The van der Waals surface area contributed by atoms with Gasteiger partial charge in [0, 0.05) is 13.1 Å². The van der Waals surface area contributed by atoms with Crippen molar-refractivity contribution in [3.8, 4) is 0 Å². The van der Waals surface area contributed by atoms with Gasteiger partial charge in [0.1, 0.15) is 0 Å². The van der Waals surface area contributed by atoms with Gasteiger partial charge in [-0.1, -0.05) is 30.3 Å². The molecule has 1 amide bonds. The summed E-state index contributed by atoms with van der Waals surface area (Å²) in [7, 11) is 2.08. The normalized spacial score (nSPS) is 10.8. The first-order valence-electron chi connectivity index (χ1n) is 6.90. The number of hydrogen-bond acceptors (Lipinski definition) is 3. The molecule has 4 nitrogen and oxygen atoms in total. The van der Waals surface area contributed by atoms with Gasteiger partial charge in [0.2, 0.25) is 0 Å². The summed E-state index contributed by atoms with van der Waals surface area (Å²) >= 11 is 3.20. The van der Waals surface area contributed by atoms with E-state index in [1.165, 1.54) is 11.8 Å². The summed E-state index contributed by atoms with van der Waals surface area (Å²) in [5, 5.41) is 2.89. The molecule has 0 radical (unpaired) electrons. The van der Waals surface area contributed by atoms with Gasteiger partial charge in [-0.25, -0.2) is 0 Å². The van der Waals surface area contributed by atoms with Gasteiger partial charge in [-0.15, -0.1) is 0 Å². The molecule has 0 saturated carbocycles. The number of carbonyl (C=O) groups excluding carboxylic acids is 1. The Morgan fingerprint density at radius 1 is 1.29 bits per heavy atom. The predicted molar refractivity (Wildman–Crippen MR) is 86.1 cm³/mol. The third kappa shape index (κ3) is 5.02. The van der Waals surface area contributed by atoms with Crippen LogP contribution in [0, 0.1) is 0 Å². The Bertz CT molecular complexity index is 569. The molecule has 1 aromatic carbocycles. The summed E-state index contributed by atoms with van der Waals surface area (Å²) in [6, 6.07) is 12.0. The molecule has 0 saturated heterocycles. The second-order valence-corrected chi connectivity index (χ2v) is 5.66. The standard InChI is InChI=1S/C16H19BrN2O2/c1-19(12-13-6-3-2-4-7-13)10-5-9-18-16(20)14-8-11-21-15(14)17/h2-4,6-8,11H,5,9-10,12H2,1H3,(H,18,20). The number of amides is 1. The van der Waals surface area contributed by atoms with Crippen molar-refractivity contribution >= 4 is 21.8 Å². The molecule has 0 bridgehead atoms. The van der Waals surface area contributed by atoms with Crippen LogP contribution in [0.3, 0.4) is 0 Å². The molecular formula is C16H19BrN2O2. The Balaban J connectivity index is 1.65. The fourth-order valence-corrected chi connectivity index (χ4v) is 2.50. The summed E-state index contributed by atoms with van der Waals surface area (Å²) < 4.78 is 5.52. The summed E-state index contributed by atoms with van der Waals surface area (Å²) in [4.78, 5) is 14.1. The number of carbonyl (C=O) groups is 1. The Morgan fingerprint density at radius 3 is 2.71 bits per heavy atom. The van der Waals surface area contributed by atoms with E-state index in [4.69, 9.17) is 4.42 Å². The molecule has 0 aliphatic rings. The van der Waals surface area contributed by atoms with Gasteiger partial charge < -0.3 is 14.6 Å². The van der Waals surface area contributed by atoms with Gasteiger partial charge in [-0.2, -0.15) is 0 Å². The highest BCUT2D eigenvalue weighted by atomic mass is 79.9. The van der Waals surface area contributed by atoms with Crippen molar-refractivity contribution in [2.24, 2.45) is 0 Å². The first kappa shape index (κ1) is 15.8. The SMILES string of the molecule is CN(CCCNC(=O)c1ccoc1Br)Cc1ccccc1. The number of nitrogens with zero attached hydrogens (tertiary/aromatic N) is 1. The maximum atomic E-state index is 11.8. The Morgan fingerprint density at radius 2 is 2.05 bits per heavy atom. The zero-order valence-electron chi connectivity index (χ0n) is 12.0. The number of benzene rings is 1. The van der Waals surface area contributed by atoms with E-state index in [-0.39, 0.29) is 5.91 Å². The van der Waals surface area contributed by atoms with E-state index in [1.54, 1.807) is 6.07 Å².